The topological polar surface area (TPSA) is 29.1 Å². The average molecular weight is 126 g/mol. The average Bonchev–Trinajstić information content (AvgIpc) is 1.60. The first-order chi connectivity index (χ1) is 4.34. The predicted octanol–water partition coefficient (Wildman–Crippen LogP) is 1.08. The van der Waals surface area contributed by atoms with Gasteiger partial charge in [-0.2, -0.15) is 0 Å². The van der Waals surface area contributed by atoms with Gasteiger partial charge in [-0.15, -0.1) is 0 Å². The first kappa shape index (κ1) is 6.59. The summed E-state index contributed by atoms with van der Waals surface area (Å²) in [7, 11) is 0. The van der Waals surface area contributed by atoms with Gasteiger partial charge in [0.1, 0.15) is 0 Å². The lowest BCUT2D eigenvalue weighted by Crippen LogP contribution is -2.32. The summed E-state index contributed by atoms with van der Waals surface area (Å²) in [5.41, 5.74) is 0. The SMILES string of the molecule is C[CH]NC(=O)C1CCC1. The number of nitrogens with one attached hydrogen (secondary N) is 1. The van der Waals surface area contributed by atoms with Crippen LogP contribution in [0.1, 0.15) is 26.2 Å². The Morgan fingerprint density at radius 3 is 2.67 bits per heavy atom. The van der Waals surface area contributed by atoms with Crippen LogP contribution in [0.25, 0.3) is 0 Å². The molecule has 0 aliphatic heterocycles. The molecule has 1 fully saturated rings. The predicted molar refractivity (Wildman–Crippen MR) is 35.5 cm³/mol. The number of amides is 1. The highest BCUT2D eigenvalue weighted by Crippen LogP contribution is 2.25. The molecule has 1 amide bonds. The summed E-state index contributed by atoms with van der Waals surface area (Å²) in [5.74, 6) is 0.518. The third-order valence-electron chi connectivity index (χ3n) is 1.76. The summed E-state index contributed by atoms with van der Waals surface area (Å²) in [6, 6.07) is 0. The van der Waals surface area contributed by atoms with E-state index in [1.54, 1.807) is 6.54 Å². The molecule has 0 aromatic rings. The maximum atomic E-state index is 10.9. The lowest BCUT2D eigenvalue weighted by molar-refractivity contribution is -0.126. The van der Waals surface area contributed by atoms with Crippen molar-refractivity contribution >= 4 is 5.91 Å². The van der Waals surface area contributed by atoms with Crippen LogP contribution in [0.4, 0.5) is 0 Å². The molecular formula is C7H12NO. The molecule has 51 valence electrons. The van der Waals surface area contributed by atoms with Crippen LogP contribution in [0, 0.1) is 12.5 Å². The molecule has 1 rings (SSSR count). The van der Waals surface area contributed by atoms with Crippen molar-refractivity contribution in [3.05, 3.63) is 6.54 Å². The molecule has 1 N–H and O–H groups in total. The number of hydrogen-bond acceptors (Lipinski definition) is 1. The molecule has 9 heavy (non-hydrogen) atoms. The largest absolute Gasteiger partial charge is 0.351 e. The lowest BCUT2D eigenvalue weighted by atomic mass is 9.85. The van der Waals surface area contributed by atoms with E-state index in [2.05, 4.69) is 5.32 Å². The van der Waals surface area contributed by atoms with Gasteiger partial charge in [-0.05, 0) is 19.8 Å². The minimum Gasteiger partial charge on any atom is -0.351 e. The molecule has 0 spiro atoms. The Hall–Kier alpha value is -0.530. The van der Waals surface area contributed by atoms with Gasteiger partial charge in [0.05, 0.1) is 0 Å². The molecule has 2 heteroatoms. The van der Waals surface area contributed by atoms with E-state index in [0.29, 0.717) is 5.92 Å². The fraction of sp³-hybridized carbons (Fsp3) is 0.714. The standard InChI is InChI=1S/C7H12NO/c1-2-8-7(9)6-4-3-5-6/h2,6H,3-5H2,1H3,(H,8,9). The maximum Gasteiger partial charge on any atom is 0.223 e. The summed E-state index contributed by atoms with van der Waals surface area (Å²) in [6.07, 6.45) is 3.39. The Morgan fingerprint density at radius 2 is 2.33 bits per heavy atom. The second-order valence-electron chi connectivity index (χ2n) is 2.43. The normalized spacial score (nSPS) is 18.8. The van der Waals surface area contributed by atoms with Crippen molar-refractivity contribution < 1.29 is 4.79 Å². The van der Waals surface area contributed by atoms with Crippen LogP contribution < -0.4 is 5.32 Å². The van der Waals surface area contributed by atoms with E-state index in [9.17, 15) is 4.79 Å². The molecule has 0 unspecified atom stereocenters. The molecule has 0 saturated heterocycles. The van der Waals surface area contributed by atoms with Gasteiger partial charge in [0, 0.05) is 12.5 Å². The molecule has 0 atom stereocenters. The third kappa shape index (κ3) is 1.44. The van der Waals surface area contributed by atoms with E-state index in [1.165, 1.54) is 6.42 Å². The molecule has 0 heterocycles. The van der Waals surface area contributed by atoms with Crippen LogP contribution in [-0.4, -0.2) is 5.91 Å². The van der Waals surface area contributed by atoms with Crippen molar-refractivity contribution in [1.82, 2.24) is 5.32 Å². The molecule has 1 radical (unpaired) electrons. The molecule has 0 bridgehead atoms. The monoisotopic (exact) mass is 126 g/mol. The van der Waals surface area contributed by atoms with Crippen molar-refractivity contribution in [2.45, 2.75) is 26.2 Å². The second-order valence-corrected chi connectivity index (χ2v) is 2.43. The van der Waals surface area contributed by atoms with Crippen LogP contribution in [-0.2, 0) is 4.79 Å². The van der Waals surface area contributed by atoms with E-state index in [0.717, 1.165) is 12.8 Å². The second kappa shape index (κ2) is 2.85. The zero-order chi connectivity index (χ0) is 6.69. The Labute approximate surface area is 55.6 Å². The number of rotatable bonds is 2. The number of carbonyl (C=O) groups excluding carboxylic acids is 1. The molecule has 1 saturated carbocycles. The van der Waals surface area contributed by atoms with E-state index >= 15 is 0 Å². The quantitative estimate of drug-likeness (QED) is 0.589. The van der Waals surface area contributed by atoms with E-state index in [1.807, 2.05) is 6.92 Å². The van der Waals surface area contributed by atoms with Crippen molar-refractivity contribution in [2.24, 2.45) is 5.92 Å². The lowest BCUT2D eigenvalue weighted by Gasteiger charge is -2.23. The molecule has 0 aromatic heterocycles. The van der Waals surface area contributed by atoms with Crippen LogP contribution in [0.3, 0.4) is 0 Å². The fourth-order valence-electron chi connectivity index (χ4n) is 0.931. The van der Waals surface area contributed by atoms with Gasteiger partial charge in [0.25, 0.3) is 0 Å². The summed E-state index contributed by atoms with van der Waals surface area (Å²) < 4.78 is 0. The van der Waals surface area contributed by atoms with Crippen molar-refractivity contribution in [1.29, 1.82) is 0 Å². The molecule has 2 nitrogen and oxygen atoms in total. The van der Waals surface area contributed by atoms with Gasteiger partial charge in [-0.1, -0.05) is 6.42 Å². The van der Waals surface area contributed by atoms with Crippen molar-refractivity contribution in [3.63, 3.8) is 0 Å². The Morgan fingerprint density at radius 1 is 1.67 bits per heavy atom. The minimum atomic E-state index is 0.198. The molecular weight excluding hydrogens is 114 g/mol. The zero-order valence-electron chi connectivity index (χ0n) is 5.68. The van der Waals surface area contributed by atoms with Gasteiger partial charge >= 0.3 is 0 Å². The smallest absolute Gasteiger partial charge is 0.223 e. The zero-order valence-corrected chi connectivity index (χ0v) is 5.68. The highest BCUT2D eigenvalue weighted by Gasteiger charge is 2.24. The molecule has 1 aliphatic rings. The molecule has 1 aliphatic carbocycles. The Balaban J connectivity index is 2.16. The van der Waals surface area contributed by atoms with Crippen LogP contribution in [0.5, 0.6) is 0 Å². The van der Waals surface area contributed by atoms with Crippen LogP contribution >= 0.6 is 0 Å². The number of carbonyl (C=O) groups is 1. The van der Waals surface area contributed by atoms with Crippen molar-refractivity contribution in [2.75, 3.05) is 0 Å². The van der Waals surface area contributed by atoms with Crippen LogP contribution in [0.15, 0.2) is 0 Å². The van der Waals surface area contributed by atoms with Gasteiger partial charge in [-0.25, -0.2) is 0 Å². The fourth-order valence-corrected chi connectivity index (χ4v) is 0.931. The van der Waals surface area contributed by atoms with E-state index in [-0.39, 0.29) is 5.91 Å². The first-order valence-corrected chi connectivity index (χ1v) is 3.43. The Kier molecular flexibility index (Phi) is 2.09. The van der Waals surface area contributed by atoms with E-state index in [4.69, 9.17) is 0 Å². The Bertz CT molecular complexity index is 107. The summed E-state index contributed by atoms with van der Waals surface area (Å²) >= 11 is 0. The van der Waals surface area contributed by atoms with Gasteiger partial charge in [0.15, 0.2) is 0 Å². The summed E-state index contributed by atoms with van der Waals surface area (Å²) in [6.45, 7) is 3.53. The summed E-state index contributed by atoms with van der Waals surface area (Å²) in [5, 5.41) is 2.68. The van der Waals surface area contributed by atoms with Gasteiger partial charge in [0.2, 0.25) is 5.91 Å². The van der Waals surface area contributed by atoms with Gasteiger partial charge in [-0.3, -0.25) is 4.79 Å². The van der Waals surface area contributed by atoms with E-state index < -0.39 is 0 Å². The molecule has 0 aromatic carbocycles. The van der Waals surface area contributed by atoms with Crippen molar-refractivity contribution in [3.8, 4) is 0 Å². The van der Waals surface area contributed by atoms with Gasteiger partial charge < -0.3 is 5.32 Å². The highest BCUT2D eigenvalue weighted by atomic mass is 16.1. The number of hydrogen-bond donors (Lipinski definition) is 1. The minimum absolute atomic E-state index is 0.198. The maximum absolute atomic E-state index is 10.9. The highest BCUT2D eigenvalue weighted by molar-refractivity contribution is 5.79. The summed E-state index contributed by atoms with van der Waals surface area (Å²) in [4.78, 5) is 10.9. The third-order valence-corrected chi connectivity index (χ3v) is 1.76. The first-order valence-electron chi connectivity index (χ1n) is 3.43. The van der Waals surface area contributed by atoms with Crippen LogP contribution in [0.2, 0.25) is 0 Å².